The Kier molecular flexibility index (Phi) is 7.65. The van der Waals surface area contributed by atoms with Crippen molar-refractivity contribution in [3.8, 4) is 5.75 Å². The molecule has 0 spiro atoms. The normalized spacial score (nSPS) is 10.4. The van der Waals surface area contributed by atoms with Gasteiger partial charge in [0.15, 0.2) is 0 Å². The van der Waals surface area contributed by atoms with Crippen molar-refractivity contribution in [3.63, 3.8) is 0 Å². The van der Waals surface area contributed by atoms with Crippen LogP contribution in [0.5, 0.6) is 5.75 Å². The van der Waals surface area contributed by atoms with Gasteiger partial charge in [-0.1, -0.05) is 23.8 Å². The molecule has 156 valence electrons. The summed E-state index contributed by atoms with van der Waals surface area (Å²) in [4.78, 5) is 25.9. The van der Waals surface area contributed by atoms with Crippen molar-refractivity contribution in [2.45, 2.75) is 34.6 Å². The van der Waals surface area contributed by atoms with E-state index in [2.05, 4.69) is 16.7 Å². The highest BCUT2D eigenvalue weighted by molar-refractivity contribution is 5.95. The first kappa shape index (κ1) is 22.3. The van der Waals surface area contributed by atoms with Crippen molar-refractivity contribution in [1.82, 2.24) is 10.2 Å². The molecule has 2 rings (SSSR count). The Bertz CT molecular complexity index is 850. The highest BCUT2D eigenvalue weighted by Crippen LogP contribution is 2.21. The first-order chi connectivity index (χ1) is 13.7. The summed E-state index contributed by atoms with van der Waals surface area (Å²) in [7, 11) is 1.59. The summed E-state index contributed by atoms with van der Waals surface area (Å²) in [5.41, 5.74) is 6.23. The van der Waals surface area contributed by atoms with Gasteiger partial charge in [-0.2, -0.15) is 0 Å². The summed E-state index contributed by atoms with van der Waals surface area (Å²) in [5, 5.41) is 5.67. The van der Waals surface area contributed by atoms with Crippen molar-refractivity contribution < 1.29 is 14.3 Å². The number of carbonyl (C=O) groups is 2. The Balaban J connectivity index is 1.77. The Hall–Kier alpha value is -3.02. The van der Waals surface area contributed by atoms with Gasteiger partial charge in [-0.25, -0.2) is 4.79 Å². The van der Waals surface area contributed by atoms with Crippen molar-refractivity contribution >= 4 is 17.6 Å². The maximum absolute atomic E-state index is 12.3. The van der Waals surface area contributed by atoms with Crippen molar-refractivity contribution in [3.05, 3.63) is 58.1 Å². The highest BCUT2D eigenvalue weighted by Gasteiger charge is 2.14. The van der Waals surface area contributed by atoms with Crippen molar-refractivity contribution in [1.29, 1.82) is 0 Å². The topological polar surface area (TPSA) is 70.7 Å². The maximum atomic E-state index is 12.3. The number of likely N-dealkylation sites (N-methyl/N-ethyl adjacent to an activating group) is 1. The summed E-state index contributed by atoms with van der Waals surface area (Å²) < 4.78 is 5.68. The Morgan fingerprint density at radius 2 is 1.45 bits per heavy atom. The van der Waals surface area contributed by atoms with E-state index in [0.29, 0.717) is 13.2 Å². The number of nitrogens with one attached hydrogen (secondary N) is 2. The van der Waals surface area contributed by atoms with Crippen LogP contribution in [0.3, 0.4) is 0 Å². The molecule has 0 saturated carbocycles. The van der Waals surface area contributed by atoms with E-state index in [0.717, 1.165) is 39.3 Å². The molecule has 6 heteroatoms. The number of hydrogen-bond donors (Lipinski definition) is 2. The number of benzene rings is 2. The van der Waals surface area contributed by atoms with Crippen LogP contribution in [0, 0.1) is 34.6 Å². The van der Waals surface area contributed by atoms with Gasteiger partial charge in [0.2, 0.25) is 5.91 Å². The smallest absolute Gasteiger partial charge is 0.317 e. The van der Waals surface area contributed by atoms with Gasteiger partial charge in [-0.15, -0.1) is 0 Å². The zero-order chi connectivity index (χ0) is 21.6. The molecule has 0 aromatic heterocycles. The Morgan fingerprint density at radius 1 is 0.897 bits per heavy atom. The molecule has 0 aliphatic rings. The van der Waals surface area contributed by atoms with Crippen molar-refractivity contribution in [2.75, 3.05) is 32.1 Å². The third-order valence-corrected chi connectivity index (χ3v) is 4.51. The summed E-state index contributed by atoms with van der Waals surface area (Å²) in [6, 6.07) is 9.72. The molecule has 3 amide bonds. The number of aryl methyl sites for hydroxylation is 5. The highest BCUT2D eigenvalue weighted by atomic mass is 16.5. The molecule has 0 radical (unpaired) electrons. The van der Waals surface area contributed by atoms with Gasteiger partial charge in [-0.3, -0.25) is 4.79 Å². The molecule has 0 aliphatic heterocycles. The van der Waals surface area contributed by atoms with Gasteiger partial charge in [0.1, 0.15) is 18.9 Å². The molecule has 0 heterocycles. The summed E-state index contributed by atoms with van der Waals surface area (Å²) in [6.07, 6.45) is 0. The van der Waals surface area contributed by atoms with Crippen LogP contribution in [0.4, 0.5) is 10.5 Å². The zero-order valence-corrected chi connectivity index (χ0v) is 18.2. The fourth-order valence-corrected chi connectivity index (χ4v) is 3.32. The second kappa shape index (κ2) is 9.96. The van der Waals surface area contributed by atoms with Gasteiger partial charge in [0.05, 0.1) is 6.54 Å². The molecule has 0 saturated heterocycles. The molecule has 2 aromatic carbocycles. The van der Waals surface area contributed by atoms with Crippen LogP contribution >= 0.6 is 0 Å². The molecular weight excluding hydrogens is 366 g/mol. The predicted octanol–water partition coefficient (Wildman–Crippen LogP) is 3.89. The summed E-state index contributed by atoms with van der Waals surface area (Å²) >= 11 is 0. The van der Waals surface area contributed by atoms with Crippen LogP contribution in [0.1, 0.15) is 27.8 Å². The number of urea groups is 1. The summed E-state index contributed by atoms with van der Waals surface area (Å²) in [6.45, 7) is 10.7. The monoisotopic (exact) mass is 397 g/mol. The lowest BCUT2D eigenvalue weighted by atomic mass is 10.1. The number of hydrogen-bond acceptors (Lipinski definition) is 3. The maximum Gasteiger partial charge on any atom is 0.317 e. The second-order valence-electron chi connectivity index (χ2n) is 7.58. The largest absolute Gasteiger partial charge is 0.492 e. The molecular formula is C23H31N3O3. The van der Waals surface area contributed by atoms with Crippen LogP contribution in [0.15, 0.2) is 30.3 Å². The molecule has 0 aliphatic carbocycles. The minimum absolute atomic E-state index is 0.0312. The van der Waals surface area contributed by atoms with Gasteiger partial charge in [0, 0.05) is 12.7 Å². The standard InChI is InChI=1S/C23H31N3O3/c1-15-9-16(2)13-20(12-15)29-8-7-24-23(28)26(6)14-21(27)25-22-18(4)10-17(3)11-19(22)5/h9-13H,7-8,14H2,1-6H3,(H,24,28)(H,25,27). The fraction of sp³-hybridized carbons (Fsp3) is 0.391. The van der Waals surface area contributed by atoms with E-state index in [9.17, 15) is 9.59 Å². The van der Waals surface area contributed by atoms with E-state index < -0.39 is 0 Å². The Labute approximate surface area is 173 Å². The minimum atomic E-state index is -0.318. The van der Waals surface area contributed by atoms with E-state index in [1.54, 1.807) is 7.05 Å². The fourth-order valence-electron chi connectivity index (χ4n) is 3.32. The SMILES string of the molecule is Cc1cc(C)cc(OCCNC(=O)N(C)CC(=O)Nc2c(C)cc(C)cc2C)c1. The molecule has 2 N–H and O–H groups in total. The first-order valence-corrected chi connectivity index (χ1v) is 9.73. The molecule has 0 atom stereocenters. The summed E-state index contributed by atoms with van der Waals surface area (Å²) in [5.74, 6) is 0.553. The van der Waals surface area contributed by atoms with E-state index in [-0.39, 0.29) is 18.5 Å². The molecule has 2 aromatic rings. The van der Waals surface area contributed by atoms with Crippen LogP contribution in [-0.4, -0.2) is 43.6 Å². The quantitative estimate of drug-likeness (QED) is 0.697. The van der Waals surface area contributed by atoms with Gasteiger partial charge >= 0.3 is 6.03 Å². The average molecular weight is 398 g/mol. The number of amides is 3. The zero-order valence-electron chi connectivity index (χ0n) is 18.2. The van der Waals surface area contributed by atoms with E-state index >= 15 is 0 Å². The van der Waals surface area contributed by atoms with Gasteiger partial charge in [0.25, 0.3) is 0 Å². The van der Waals surface area contributed by atoms with E-state index in [4.69, 9.17) is 4.74 Å². The number of nitrogens with zero attached hydrogens (tertiary/aromatic N) is 1. The van der Waals surface area contributed by atoms with Crippen LogP contribution in [0.2, 0.25) is 0 Å². The third-order valence-electron chi connectivity index (χ3n) is 4.51. The molecule has 6 nitrogen and oxygen atoms in total. The molecule has 0 bridgehead atoms. The lowest BCUT2D eigenvalue weighted by Crippen LogP contribution is -2.42. The molecule has 29 heavy (non-hydrogen) atoms. The first-order valence-electron chi connectivity index (χ1n) is 9.73. The van der Waals surface area contributed by atoms with Gasteiger partial charge in [-0.05, 0) is 69.0 Å². The number of carbonyl (C=O) groups excluding carboxylic acids is 2. The predicted molar refractivity (Wildman–Crippen MR) is 117 cm³/mol. The second-order valence-corrected chi connectivity index (χ2v) is 7.58. The number of ether oxygens (including phenoxy) is 1. The Morgan fingerprint density at radius 3 is 2.03 bits per heavy atom. The number of rotatable bonds is 7. The van der Waals surface area contributed by atoms with E-state index in [1.165, 1.54) is 4.90 Å². The van der Waals surface area contributed by atoms with E-state index in [1.807, 2.05) is 58.9 Å². The minimum Gasteiger partial charge on any atom is -0.492 e. The molecule has 0 unspecified atom stereocenters. The lowest BCUT2D eigenvalue weighted by molar-refractivity contribution is -0.116. The van der Waals surface area contributed by atoms with Crippen LogP contribution < -0.4 is 15.4 Å². The van der Waals surface area contributed by atoms with Crippen molar-refractivity contribution in [2.24, 2.45) is 0 Å². The van der Waals surface area contributed by atoms with Crippen LogP contribution in [0.25, 0.3) is 0 Å². The third kappa shape index (κ3) is 6.82. The van der Waals surface area contributed by atoms with Gasteiger partial charge < -0.3 is 20.3 Å². The number of anilines is 1. The van der Waals surface area contributed by atoms with Crippen LogP contribution in [-0.2, 0) is 4.79 Å². The molecule has 0 fully saturated rings. The lowest BCUT2D eigenvalue weighted by Gasteiger charge is -2.19. The average Bonchev–Trinajstić information content (AvgIpc) is 2.60.